The molecule has 3 heterocycles. The Morgan fingerprint density at radius 1 is 1.11 bits per heavy atom. The van der Waals surface area contributed by atoms with Gasteiger partial charge in [-0.1, -0.05) is 23.5 Å². The van der Waals surface area contributed by atoms with E-state index >= 15 is 0 Å². The lowest BCUT2D eigenvalue weighted by atomic mass is 10.1. The van der Waals surface area contributed by atoms with Crippen LogP contribution in [0.2, 0.25) is 0 Å². The molecule has 28 heavy (non-hydrogen) atoms. The van der Waals surface area contributed by atoms with E-state index in [0.717, 1.165) is 45.0 Å². The highest BCUT2D eigenvalue weighted by Gasteiger charge is 2.24. The second-order valence-corrected chi connectivity index (χ2v) is 8.75. The van der Waals surface area contributed by atoms with Gasteiger partial charge in [0.2, 0.25) is 5.13 Å². The summed E-state index contributed by atoms with van der Waals surface area (Å²) in [4.78, 5) is 17.7. The van der Waals surface area contributed by atoms with Crippen molar-refractivity contribution in [1.29, 1.82) is 0 Å². The molecule has 0 atom stereocenters. The van der Waals surface area contributed by atoms with Gasteiger partial charge in [-0.3, -0.25) is 4.79 Å². The molecule has 1 saturated heterocycles. The summed E-state index contributed by atoms with van der Waals surface area (Å²) in [6.45, 7) is 6.98. The molecule has 0 spiro atoms. The van der Waals surface area contributed by atoms with E-state index in [9.17, 15) is 4.79 Å². The SMILES string of the molecule is Cc1cc(C)cc(OCC(=O)N2CCN(c3nnc(-c4cccs4)s3)CC2)c1. The lowest BCUT2D eigenvalue weighted by Gasteiger charge is -2.34. The lowest BCUT2D eigenvalue weighted by Crippen LogP contribution is -2.50. The number of hydrogen-bond acceptors (Lipinski definition) is 7. The number of ether oxygens (including phenoxy) is 1. The van der Waals surface area contributed by atoms with E-state index in [1.807, 2.05) is 42.3 Å². The number of carbonyl (C=O) groups is 1. The molecule has 0 bridgehead atoms. The molecule has 0 N–H and O–H groups in total. The molecule has 0 radical (unpaired) electrons. The molecule has 4 rings (SSSR count). The Balaban J connectivity index is 1.29. The normalized spacial score (nSPS) is 14.4. The fraction of sp³-hybridized carbons (Fsp3) is 0.350. The first-order valence-electron chi connectivity index (χ1n) is 9.20. The molecular formula is C20H22N4O2S2. The molecular weight excluding hydrogens is 392 g/mol. The fourth-order valence-electron chi connectivity index (χ4n) is 3.24. The summed E-state index contributed by atoms with van der Waals surface area (Å²) in [6.07, 6.45) is 0. The molecule has 146 valence electrons. The maximum absolute atomic E-state index is 12.5. The second kappa shape index (κ2) is 8.28. The van der Waals surface area contributed by atoms with Crippen molar-refractivity contribution in [2.75, 3.05) is 37.7 Å². The van der Waals surface area contributed by atoms with Gasteiger partial charge in [-0.15, -0.1) is 21.5 Å². The van der Waals surface area contributed by atoms with Gasteiger partial charge in [-0.25, -0.2) is 0 Å². The third-order valence-corrected chi connectivity index (χ3v) is 6.63. The molecule has 0 saturated carbocycles. The third-order valence-electron chi connectivity index (χ3n) is 4.61. The molecule has 1 aliphatic heterocycles. The van der Waals surface area contributed by atoms with Crippen LogP contribution in [0.5, 0.6) is 5.75 Å². The quantitative estimate of drug-likeness (QED) is 0.638. The largest absolute Gasteiger partial charge is 0.484 e. The minimum Gasteiger partial charge on any atom is -0.484 e. The van der Waals surface area contributed by atoms with E-state index in [2.05, 4.69) is 27.2 Å². The average molecular weight is 415 g/mol. The summed E-state index contributed by atoms with van der Waals surface area (Å²) in [7, 11) is 0. The molecule has 1 aromatic carbocycles. The van der Waals surface area contributed by atoms with Gasteiger partial charge in [0.05, 0.1) is 4.88 Å². The first-order chi connectivity index (χ1) is 13.6. The molecule has 0 aliphatic carbocycles. The molecule has 3 aromatic rings. The number of rotatable bonds is 5. The zero-order valence-corrected chi connectivity index (χ0v) is 17.6. The Bertz CT molecular complexity index is 927. The monoisotopic (exact) mass is 414 g/mol. The lowest BCUT2D eigenvalue weighted by molar-refractivity contribution is -0.133. The van der Waals surface area contributed by atoms with Crippen LogP contribution in [0.15, 0.2) is 35.7 Å². The predicted octanol–water partition coefficient (Wildman–Crippen LogP) is 3.61. The van der Waals surface area contributed by atoms with Crippen molar-refractivity contribution in [3.05, 3.63) is 46.8 Å². The number of anilines is 1. The molecule has 6 nitrogen and oxygen atoms in total. The standard InChI is InChI=1S/C20H22N4O2S2/c1-14-10-15(2)12-16(11-14)26-13-18(25)23-5-7-24(8-6-23)20-22-21-19(28-20)17-4-3-9-27-17/h3-4,9-12H,5-8,13H2,1-2H3. The number of thiophene rings is 1. The van der Waals surface area contributed by atoms with Gasteiger partial charge in [0.15, 0.2) is 11.6 Å². The highest BCUT2D eigenvalue weighted by Crippen LogP contribution is 2.31. The van der Waals surface area contributed by atoms with E-state index in [1.54, 1.807) is 22.7 Å². The number of aromatic nitrogens is 2. The van der Waals surface area contributed by atoms with Crippen molar-refractivity contribution in [1.82, 2.24) is 15.1 Å². The molecule has 1 fully saturated rings. The number of carbonyl (C=O) groups excluding carboxylic acids is 1. The first kappa shape index (κ1) is 18.9. The minimum atomic E-state index is 0.0235. The van der Waals surface area contributed by atoms with E-state index in [0.29, 0.717) is 13.1 Å². The summed E-state index contributed by atoms with van der Waals surface area (Å²) in [5.41, 5.74) is 2.27. The summed E-state index contributed by atoms with van der Waals surface area (Å²) >= 11 is 3.27. The van der Waals surface area contributed by atoms with Crippen LogP contribution in [-0.4, -0.2) is 53.8 Å². The van der Waals surface area contributed by atoms with Gasteiger partial charge in [-0.2, -0.15) is 0 Å². The highest BCUT2D eigenvalue weighted by molar-refractivity contribution is 7.22. The number of aryl methyl sites for hydroxylation is 2. The van der Waals surface area contributed by atoms with E-state index < -0.39 is 0 Å². The first-order valence-corrected chi connectivity index (χ1v) is 10.9. The number of benzene rings is 1. The Labute approximate surface area is 172 Å². The van der Waals surface area contributed by atoms with E-state index in [1.165, 1.54) is 0 Å². The van der Waals surface area contributed by atoms with Crippen LogP contribution >= 0.6 is 22.7 Å². The van der Waals surface area contributed by atoms with Crippen molar-refractivity contribution in [3.63, 3.8) is 0 Å². The minimum absolute atomic E-state index is 0.0235. The smallest absolute Gasteiger partial charge is 0.260 e. The predicted molar refractivity (Wildman–Crippen MR) is 113 cm³/mol. The maximum Gasteiger partial charge on any atom is 0.260 e. The van der Waals surface area contributed by atoms with Crippen molar-refractivity contribution < 1.29 is 9.53 Å². The summed E-state index contributed by atoms with van der Waals surface area (Å²) in [5, 5.41) is 12.5. The van der Waals surface area contributed by atoms with Crippen LogP contribution in [0.4, 0.5) is 5.13 Å². The van der Waals surface area contributed by atoms with Crippen molar-refractivity contribution in [3.8, 4) is 15.6 Å². The van der Waals surface area contributed by atoms with Crippen molar-refractivity contribution >= 4 is 33.7 Å². The zero-order valence-electron chi connectivity index (χ0n) is 15.9. The van der Waals surface area contributed by atoms with Crippen LogP contribution in [0.25, 0.3) is 9.88 Å². The van der Waals surface area contributed by atoms with Crippen LogP contribution in [0.1, 0.15) is 11.1 Å². The maximum atomic E-state index is 12.5. The van der Waals surface area contributed by atoms with Crippen molar-refractivity contribution in [2.24, 2.45) is 0 Å². The van der Waals surface area contributed by atoms with E-state index in [-0.39, 0.29) is 12.5 Å². The Hall–Kier alpha value is -2.45. The van der Waals surface area contributed by atoms with Gasteiger partial charge >= 0.3 is 0 Å². The van der Waals surface area contributed by atoms with Gasteiger partial charge in [0.25, 0.3) is 5.91 Å². The summed E-state index contributed by atoms with van der Waals surface area (Å²) in [5.74, 6) is 0.773. The van der Waals surface area contributed by atoms with Gasteiger partial charge in [0, 0.05) is 26.2 Å². The van der Waals surface area contributed by atoms with Crippen molar-refractivity contribution in [2.45, 2.75) is 13.8 Å². The van der Waals surface area contributed by atoms with Crippen LogP contribution < -0.4 is 9.64 Å². The Kier molecular flexibility index (Phi) is 5.59. The van der Waals surface area contributed by atoms with Crippen LogP contribution in [-0.2, 0) is 4.79 Å². The zero-order chi connectivity index (χ0) is 19.5. The third kappa shape index (κ3) is 4.34. The topological polar surface area (TPSA) is 58.6 Å². The van der Waals surface area contributed by atoms with Gasteiger partial charge in [-0.05, 0) is 48.6 Å². The highest BCUT2D eigenvalue weighted by atomic mass is 32.1. The Morgan fingerprint density at radius 3 is 2.54 bits per heavy atom. The second-order valence-electron chi connectivity index (χ2n) is 6.85. The summed E-state index contributed by atoms with van der Waals surface area (Å²) < 4.78 is 5.71. The Morgan fingerprint density at radius 2 is 1.86 bits per heavy atom. The van der Waals surface area contributed by atoms with Gasteiger partial charge < -0.3 is 14.5 Å². The summed E-state index contributed by atoms with van der Waals surface area (Å²) in [6, 6.07) is 10.1. The van der Waals surface area contributed by atoms with Crippen LogP contribution in [0, 0.1) is 13.8 Å². The molecule has 2 aromatic heterocycles. The molecule has 1 amide bonds. The number of amides is 1. The molecule has 1 aliphatic rings. The number of hydrogen-bond donors (Lipinski definition) is 0. The molecule has 0 unspecified atom stereocenters. The molecule has 8 heteroatoms. The number of piperazine rings is 1. The average Bonchev–Trinajstić information content (AvgIpc) is 3.37. The fourth-order valence-corrected chi connectivity index (χ4v) is 4.93. The number of nitrogens with zero attached hydrogens (tertiary/aromatic N) is 4. The van der Waals surface area contributed by atoms with Gasteiger partial charge in [0.1, 0.15) is 5.75 Å². The van der Waals surface area contributed by atoms with Crippen LogP contribution in [0.3, 0.4) is 0 Å². The van der Waals surface area contributed by atoms with E-state index in [4.69, 9.17) is 4.74 Å².